The summed E-state index contributed by atoms with van der Waals surface area (Å²) in [4.78, 5) is 33.1. The van der Waals surface area contributed by atoms with Crippen LogP contribution in [0.3, 0.4) is 0 Å². The van der Waals surface area contributed by atoms with E-state index in [0.29, 0.717) is 40.6 Å². The zero-order valence-electron chi connectivity index (χ0n) is 20.6. The van der Waals surface area contributed by atoms with Gasteiger partial charge in [0.2, 0.25) is 0 Å². The molecule has 1 saturated heterocycles. The van der Waals surface area contributed by atoms with Crippen LogP contribution in [0, 0.1) is 0 Å². The lowest BCUT2D eigenvalue weighted by molar-refractivity contribution is -0.132. The Bertz CT molecular complexity index is 1650. The third-order valence-corrected chi connectivity index (χ3v) is 8.15. The molecule has 4 aromatic rings. The van der Waals surface area contributed by atoms with Crippen LogP contribution in [0.15, 0.2) is 70.7 Å². The van der Waals surface area contributed by atoms with Crippen LogP contribution in [0.2, 0.25) is 0 Å². The van der Waals surface area contributed by atoms with Gasteiger partial charge in [0.1, 0.15) is 23.4 Å². The van der Waals surface area contributed by atoms with E-state index < -0.39 is 17.7 Å². The summed E-state index contributed by atoms with van der Waals surface area (Å²) >= 11 is 4.80. The Labute approximate surface area is 231 Å². The van der Waals surface area contributed by atoms with E-state index in [1.54, 1.807) is 12.1 Å². The van der Waals surface area contributed by atoms with Gasteiger partial charge in [0.05, 0.1) is 28.4 Å². The number of thiazole rings is 1. The van der Waals surface area contributed by atoms with Crippen molar-refractivity contribution in [1.82, 2.24) is 4.98 Å². The number of benzene rings is 3. The molecule has 9 heteroatoms. The molecule has 192 valence electrons. The van der Waals surface area contributed by atoms with Gasteiger partial charge in [0.25, 0.3) is 5.78 Å². The van der Waals surface area contributed by atoms with Crippen molar-refractivity contribution >= 4 is 60.1 Å². The summed E-state index contributed by atoms with van der Waals surface area (Å²) in [6.07, 6.45) is 0.742. The molecule has 1 fully saturated rings. The van der Waals surface area contributed by atoms with Crippen LogP contribution in [-0.4, -0.2) is 34.5 Å². The highest BCUT2D eigenvalue weighted by Crippen LogP contribution is 2.45. The molecule has 0 radical (unpaired) electrons. The first-order chi connectivity index (χ1) is 18.3. The number of hydrogen-bond acceptors (Lipinski definition) is 7. The number of ketones is 1. The molecule has 3 aromatic carbocycles. The maximum atomic E-state index is 13.5. The molecular weight excluding hydrogens is 568 g/mol. The first kappa shape index (κ1) is 24.6. The summed E-state index contributed by atoms with van der Waals surface area (Å²) in [5, 5.41) is 11.9. The van der Waals surface area contributed by atoms with Gasteiger partial charge in [0, 0.05) is 16.5 Å². The Morgan fingerprint density at radius 3 is 2.82 bits per heavy atom. The number of hydrogen-bond donors (Lipinski definition) is 1. The zero-order valence-corrected chi connectivity index (χ0v) is 23.0. The largest absolute Gasteiger partial charge is 0.507 e. The average molecular weight is 591 g/mol. The lowest BCUT2D eigenvalue weighted by Crippen LogP contribution is -2.29. The zero-order chi connectivity index (χ0) is 26.6. The van der Waals surface area contributed by atoms with Gasteiger partial charge in [-0.05, 0) is 73.5 Å². The maximum Gasteiger partial charge on any atom is 0.301 e. The minimum Gasteiger partial charge on any atom is -0.507 e. The van der Waals surface area contributed by atoms with E-state index >= 15 is 0 Å². The van der Waals surface area contributed by atoms with Crippen LogP contribution >= 0.6 is 27.3 Å². The maximum absolute atomic E-state index is 13.5. The molecule has 2 aliphatic rings. The molecule has 2 aliphatic heterocycles. The van der Waals surface area contributed by atoms with Gasteiger partial charge in [-0.25, -0.2) is 4.98 Å². The number of carbonyl (C=O) groups is 2. The normalized spacial score (nSPS) is 20.1. The van der Waals surface area contributed by atoms with Crippen molar-refractivity contribution in [3.05, 3.63) is 87.4 Å². The van der Waals surface area contributed by atoms with E-state index in [1.807, 2.05) is 62.4 Å². The molecule has 7 nitrogen and oxygen atoms in total. The number of halogens is 1. The fourth-order valence-corrected chi connectivity index (χ4v) is 6.44. The molecule has 1 aromatic heterocycles. The molecule has 0 bridgehead atoms. The van der Waals surface area contributed by atoms with Gasteiger partial charge in [-0.2, -0.15) is 0 Å². The number of amides is 1. The minimum atomic E-state index is -0.858. The summed E-state index contributed by atoms with van der Waals surface area (Å²) < 4.78 is 13.0. The number of fused-ring (bicyclic) bond motifs is 2. The summed E-state index contributed by atoms with van der Waals surface area (Å²) in [6, 6.07) is 17.4. The van der Waals surface area contributed by atoms with Crippen LogP contribution in [-0.2, 0) is 16.0 Å². The van der Waals surface area contributed by atoms with Crippen molar-refractivity contribution in [3.63, 3.8) is 0 Å². The van der Waals surface area contributed by atoms with Gasteiger partial charge in [-0.1, -0.05) is 39.4 Å². The highest BCUT2D eigenvalue weighted by molar-refractivity contribution is 9.10. The fourth-order valence-electron chi connectivity index (χ4n) is 5.00. The van der Waals surface area contributed by atoms with Crippen molar-refractivity contribution in [2.24, 2.45) is 0 Å². The Morgan fingerprint density at radius 1 is 1.18 bits per heavy atom. The lowest BCUT2D eigenvalue weighted by atomic mass is 9.94. The number of anilines is 1. The second-order valence-electron chi connectivity index (χ2n) is 9.24. The van der Waals surface area contributed by atoms with Crippen LogP contribution in [0.4, 0.5) is 5.13 Å². The Morgan fingerprint density at radius 2 is 2.03 bits per heavy atom. The smallest absolute Gasteiger partial charge is 0.301 e. The first-order valence-corrected chi connectivity index (χ1v) is 13.8. The summed E-state index contributed by atoms with van der Waals surface area (Å²) in [6.45, 7) is 4.42. The Kier molecular flexibility index (Phi) is 6.20. The number of ether oxygens (including phenoxy) is 2. The molecule has 0 saturated carbocycles. The highest BCUT2D eigenvalue weighted by Gasteiger charge is 2.48. The number of carbonyl (C=O) groups excluding carboxylic acids is 2. The topological polar surface area (TPSA) is 89.0 Å². The van der Waals surface area contributed by atoms with Crippen LogP contribution in [0.5, 0.6) is 11.5 Å². The number of aliphatic hydroxyl groups is 1. The highest BCUT2D eigenvalue weighted by atomic mass is 79.9. The number of nitrogens with zero attached hydrogens (tertiary/aromatic N) is 2. The van der Waals surface area contributed by atoms with E-state index in [4.69, 9.17) is 9.47 Å². The third-order valence-electron chi connectivity index (χ3n) is 6.64. The predicted molar refractivity (Wildman–Crippen MR) is 150 cm³/mol. The number of Topliss-reactive ketones (excluding diaryl/α,β-unsaturated/α-hetero) is 1. The summed E-state index contributed by atoms with van der Waals surface area (Å²) in [5.74, 6) is -0.252. The van der Waals surface area contributed by atoms with Crippen LogP contribution in [0.25, 0.3) is 16.0 Å². The molecule has 38 heavy (non-hydrogen) atoms. The van der Waals surface area contributed by atoms with Crippen LogP contribution in [0.1, 0.15) is 36.6 Å². The second kappa shape index (κ2) is 9.56. The number of aromatic nitrogens is 1. The molecule has 0 spiro atoms. The first-order valence-electron chi connectivity index (χ1n) is 12.2. The Hall–Kier alpha value is -3.69. The van der Waals surface area contributed by atoms with Crippen molar-refractivity contribution < 1.29 is 24.2 Å². The van der Waals surface area contributed by atoms with E-state index in [1.165, 1.54) is 16.2 Å². The minimum absolute atomic E-state index is 0.0225. The van der Waals surface area contributed by atoms with Gasteiger partial charge in [0.15, 0.2) is 5.13 Å². The molecular formula is C29H23BrN2O5S. The molecule has 2 atom stereocenters. The third kappa shape index (κ3) is 4.16. The molecule has 1 N–H and O–H groups in total. The van der Waals surface area contributed by atoms with Gasteiger partial charge >= 0.3 is 5.91 Å². The van der Waals surface area contributed by atoms with Crippen molar-refractivity contribution in [2.45, 2.75) is 32.4 Å². The number of aliphatic hydroxyl groups excluding tert-OH is 1. The van der Waals surface area contributed by atoms with Crippen molar-refractivity contribution in [2.75, 3.05) is 11.5 Å². The van der Waals surface area contributed by atoms with Crippen LogP contribution < -0.4 is 14.4 Å². The lowest BCUT2D eigenvalue weighted by Gasteiger charge is -2.23. The van der Waals surface area contributed by atoms with E-state index in [2.05, 4.69) is 20.9 Å². The Balaban J connectivity index is 1.51. The van der Waals surface area contributed by atoms with E-state index in [-0.39, 0.29) is 17.4 Å². The molecule has 0 unspecified atom stereocenters. The predicted octanol–water partition coefficient (Wildman–Crippen LogP) is 6.41. The van der Waals surface area contributed by atoms with Gasteiger partial charge in [-0.3, -0.25) is 14.5 Å². The molecule has 3 heterocycles. The van der Waals surface area contributed by atoms with E-state index in [9.17, 15) is 14.7 Å². The van der Waals surface area contributed by atoms with Gasteiger partial charge in [-0.15, -0.1) is 0 Å². The number of rotatable bonds is 5. The quantitative estimate of drug-likeness (QED) is 0.164. The van der Waals surface area contributed by atoms with Crippen molar-refractivity contribution in [1.29, 1.82) is 0 Å². The molecule has 1 amide bonds. The SMILES string of the molecule is CCOc1ccc2nc(N3C(=O)C(=O)C(=C(O)c4ccc5c(c4)C[C@@H](C)O5)[C@@H]3c3cccc(Br)c3)sc2c1. The van der Waals surface area contributed by atoms with Gasteiger partial charge < -0.3 is 14.6 Å². The second-order valence-corrected chi connectivity index (χ2v) is 11.2. The standard InChI is InChI=1S/C29H23BrN2O5S/c1-3-36-20-8-9-21-23(14-20)38-29(31-21)32-25(16-5-4-6-19(30)13-16)24(27(34)28(32)35)26(33)17-7-10-22-18(12-17)11-15(2)37-22/h4-10,12-15,25,33H,3,11H2,1-2H3/t15-,25+/m1/s1. The fraction of sp³-hybridized carbons (Fsp3) is 0.207. The molecule has 0 aliphatic carbocycles. The summed E-state index contributed by atoms with van der Waals surface area (Å²) in [7, 11) is 0. The van der Waals surface area contributed by atoms with E-state index in [0.717, 1.165) is 20.5 Å². The average Bonchev–Trinajstić information content (AvgIpc) is 3.56. The summed E-state index contributed by atoms with van der Waals surface area (Å²) in [5.41, 5.74) is 2.80. The molecule has 6 rings (SSSR count). The monoisotopic (exact) mass is 590 g/mol. The van der Waals surface area contributed by atoms with Crippen molar-refractivity contribution in [3.8, 4) is 11.5 Å².